The Morgan fingerprint density at radius 3 is 1.90 bits per heavy atom. The minimum absolute atomic E-state index is 0. The summed E-state index contributed by atoms with van der Waals surface area (Å²) < 4.78 is 69.1. The summed E-state index contributed by atoms with van der Waals surface area (Å²) in [6.07, 6.45) is 0. The van der Waals surface area contributed by atoms with Crippen LogP contribution in [0.2, 0.25) is 0 Å². The van der Waals surface area contributed by atoms with Crippen LogP contribution in [0.1, 0.15) is 0 Å². The van der Waals surface area contributed by atoms with E-state index in [-0.39, 0.29) is 81.2 Å². The SMILES string of the molecule is O=c1cc/c(=N/Nc2ccccccc(S(=O)(=O)[O-])cc2)c(=O)/c1=N/Nc1ccc(S(=O)(=O)[O-])c2ccccc12.[Na+].[Na+]. The van der Waals surface area contributed by atoms with Crippen LogP contribution in [0.15, 0.2) is 127 Å². The van der Waals surface area contributed by atoms with Crippen molar-refractivity contribution in [2.75, 3.05) is 10.9 Å². The van der Waals surface area contributed by atoms with Gasteiger partial charge in [0.25, 0.3) is 0 Å². The van der Waals surface area contributed by atoms with Gasteiger partial charge in [0.2, 0.25) is 10.9 Å². The summed E-state index contributed by atoms with van der Waals surface area (Å²) in [6.45, 7) is 0. The molecule has 0 spiro atoms. The smallest absolute Gasteiger partial charge is 0.744 e. The van der Waals surface area contributed by atoms with Crippen molar-refractivity contribution in [2.24, 2.45) is 10.2 Å². The number of rotatable bonds is 6. The van der Waals surface area contributed by atoms with E-state index in [0.29, 0.717) is 5.39 Å². The molecule has 0 radical (unpaired) electrons. The number of nitrogens with zero attached hydrogens (tertiary/aromatic N) is 2. The van der Waals surface area contributed by atoms with Gasteiger partial charge in [0.05, 0.1) is 21.2 Å². The van der Waals surface area contributed by atoms with Crippen LogP contribution in [0.3, 0.4) is 0 Å². The van der Waals surface area contributed by atoms with Crippen LogP contribution in [0.25, 0.3) is 10.8 Å². The second kappa shape index (κ2) is 15.1. The largest absolute Gasteiger partial charge is 1.00 e. The van der Waals surface area contributed by atoms with Gasteiger partial charge in [0.15, 0.2) is 5.36 Å². The summed E-state index contributed by atoms with van der Waals surface area (Å²) in [6, 6.07) is 21.8. The molecule has 4 aromatic carbocycles. The van der Waals surface area contributed by atoms with E-state index in [1.165, 1.54) is 42.5 Å². The molecular weight excluding hydrogens is 606 g/mol. The molecule has 0 fully saturated rings. The third-order valence-electron chi connectivity index (χ3n) is 5.41. The number of hydrogen-bond acceptors (Lipinski definition) is 12. The predicted octanol–water partition coefficient (Wildman–Crippen LogP) is -4.77. The molecule has 42 heavy (non-hydrogen) atoms. The third kappa shape index (κ3) is 8.87. The molecular formula is C26H18N4Na2O8S2. The average Bonchev–Trinajstić information content (AvgIpc) is 2.90. The van der Waals surface area contributed by atoms with Crippen molar-refractivity contribution in [3.63, 3.8) is 0 Å². The molecule has 0 amide bonds. The summed E-state index contributed by atoms with van der Waals surface area (Å²) >= 11 is 0. The first-order valence-corrected chi connectivity index (χ1v) is 14.1. The zero-order valence-electron chi connectivity index (χ0n) is 22.2. The molecule has 0 bridgehead atoms. The Morgan fingerprint density at radius 2 is 1.24 bits per heavy atom. The van der Waals surface area contributed by atoms with Crippen molar-refractivity contribution in [2.45, 2.75) is 9.79 Å². The Bertz CT molecular complexity index is 2130. The van der Waals surface area contributed by atoms with Gasteiger partial charge in [0.1, 0.15) is 25.6 Å². The minimum Gasteiger partial charge on any atom is -0.744 e. The van der Waals surface area contributed by atoms with E-state index < -0.39 is 46.2 Å². The molecule has 4 aromatic rings. The van der Waals surface area contributed by atoms with Gasteiger partial charge >= 0.3 is 59.1 Å². The van der Waals surface area contributed by atoms with E-state index in [2.05, 4.69) is 21.1 Å². The summed E-state index contributed by atoms with van der Waals surface area (Å²) in [4.78, 5) is 24.4. The van der Waals surface area contributed by atoms with E-state index in [1.54, 1.807) is 24.3 Å². The predicted molar refractivity (Wildman–Crippen MR) is 144 cm³/mol. The molecule has 0 unspecified atom stereocenters. The molecule has 0 aliphatic rings. The van der Waals surface area contributed by atoms with Crippen LogP contribution >= 0.6 is 0 Å². The minimum atomic E-state index is -4.76. The molecule has 0 saturated carbocycles. The maximum absolute atomic E-state index is 13.0. The molecule has 16 heteroatoms. The van der Waals surface area contributed by atoms with Crippen molar-refractivity contribution >= 4 is 42.4 Å². The monoisotopic (exact) mass is 624 g/mol. The maximum Gasteiger partial charge on any atom is 1.00 e. The molecule has 0 saturated heterocycles. The standard InChI is InChI=1S/C26H20N4O8S2.2Na/c31-23-15-13-22(29-27-17-7-3-1-2-4-8-18(12-11-17)39(33,34)35)26(32)25(23)30-28-21-14-16-24(40(36,37)38)20-10-6-5-9-19(20)21;;/h1-16,27-28H,(H,33,34,35)(H,36,37,38);;/q;2*+1/p-2/b2-1?,3-1?,4-2?,7-3?,8-4?,12-11?,17-7?,17-11?,18-8?,18-12?,29-22-,30-25+;;. The zero-order chi connectivity index (χ0) is 28.9. The van der Waals surface area contributed by atoms with Crippen LogP contribution in [0.5, 0.6) is 0 Å². The molecule has 0 aliphatic heterocycles. The zero-order valence-corrected chi connectivity index (χ0v) is 27.8. The average molecular weight is 625 g/mol. The van der Waals surface area contributed by atoms with E-state index in [9.17, 15) is 35.5 Å². The Kier molecular flexibility index (Phi) is 12.7. The Hall–Kier alpha value is -2.76. The number of nitrogens with one attached hydrogen (secondary N) is 2. The Labute approximate surface area is 284 Å². The molecule has 204 valence electrons. The molecule has 4 rings (SSSR count). The number of fused-ring (bicyclic) bond motifs is 1. The van der Waals surface area contributed by atoms with E-state index >= 15 is 0 Å². The van der Waals surface area contributed by atoms with Crippen LogP contribution in [0.4, 0.5) is 11.4 Å². The first-order valence-electron chi connectivity index (χ1n) is 11.3. The molecule has 0 heterocycles. The Balaban J connectivity index is 0.00000308. The summed E-state index contributed by atoms with van der Waals surface area (Å²) in [5.41, 5.74) is 4.04. The summed E-state index contributed by atoms with van der Waals surface area (Å²) in [5.74, 6) is 0. The molecule has 12 nitrogen and oxygen atoms in total. The quantitative estimate of drug-likeness (QED) is 0.119. The molecule has 0 aliphatic carbocycles. The van der Waals surface area contributed by atoms with E-state index in [0.717, 1.165) is 30.3 Å². The van der Waals surface area contributed by atoms with Crippen LogP contribution in [-0.2, 0) is 20.2 Å². The molecule has 0 aromatic heterocycles. The van der Waals surface area contributed by atoms with Crippen molar-refractivity contribution in [3.05, 3.63) is 128 Å². The fourth-order valence-corrected chi connectivity index (χ4v) is 4.69. The third-order valence-corrected chi connectivity index (χ3v) is 7.15. The topological polar surface area (TPSA) is 197 Å². The first-order chi connectivity index (χ1) is 18.9. The van der Waals surface area contributed by atoms with Gasteiger partial charge in [0, 0.05) is 10.8 Å². The normalized spacial score (nSPS) is 12.0. The Morgan fingerprint density at radius 1 is 0.595 bits per heavy atom. The van der Waals surface area contributed by atoms with E-state index in [1.807, 2.05) is 0 Å². The van der Waals surface area contributed by atoms with Gasteiger partial charge in [-0.05, 0) is 48.5 Å². The fourth-order valence-electron chi connectivity index (χ4n) is 3.53. The second-order valence-electron chi connectivity index (χ2n) is 8.07. The summed E-state index contributed by atoms with van der Waals surface area (Å²) in [7, 11) is -9.50. The fraction of sp³-hybridized carbons (Fsp3) is 0. The van der Waals surface area contributed by atoms with Gasteiger partial charge in [-0.25, -0.2) is 16.8 Å². The number of benzene rings is 3. The summed E-state index contributed by atoms with van der Waals surface area (Å²) in [5, 5.41) is 7.62. The van der Waals surface area contributed by atoms with Gasteiger partial charge in [-0.15, -0.1) is 0 Å². The van der Waals surface area contributed by atoms with Gasteiger partial charge in [-0.2, -0.15) is 10.2 Å². The van der Waals surface area contributed by atoms with Crippen LogP contribution in [0, 0.1) is 0 Å². The van der Waals surface area contributed by atoms with Crippen molar-refractivity contribution in [1.29, 1.82) is 0 Å². The van der Waals surface area contributed by atoms with Crippen molar-refractivity contribution in [1.82, 2.24) is 0 Å². The first kappa shape index (κ1) is 35.4. The number of hydrogen-bond donors (Lipinski definition) is 2. The number of anilines is 2. The second-order valence-corrected chi connectivity index (χ2v) is 10.8. The van der Waals surface area contributed by atoms with Crippen LogP contribution in [-0.4, -0.2) is 25.9 Å². The van der Waals surface area contributed by atoms with Gasteiger partial charge in [-0.3, -0.25) is 20.4 Å². The van der Waals surface area contributed by atoms with Gasteiger partial charge in [-0.1, -0.05) is 48.5 Å². The van der Waals surface area contributed by atoms with Crippen LogP contribution < -0.4 is 91.5 Å². The van der Waals surface area contributed by atoms with E-state index in [4.69, 9.17) is 0 Å². The van der Waals surface area contributed by atoms with Gasteiger partial charge < -0.3 is 9.11 Å². The molecule has 0 atom stereocenters. The molecule has 2 N–H and O–H groups in total. The maximum atomic E-state index is 13.0. The van der Waals surface area contributed by atoms with Crippen molar-refractivity contribution in [3.8, 4) is 0 Å². The van der Waals surface area contributed by atoms with Crippen molar-refractivity contribution < 1.29 is 85.1 Å².